The predicted octanol–water partition coefficient (Wildman–Crippen LogP) is 2.77. The van der Waals surface area contributed by atoms with Crippen LogP contribution in [0.15, 0.2) is 24.5 Å². The first kappa shape index (κ1) is 14.9. The van der Waals surface area contributed by atoms with Crippen molar-refractivity contribution in [1.29, 1.82) is 0 Å². The van der Waals surface area contributed by atoms with Gasteiger partial charge in [-0.05, 0) is 39.3 Å². The molecule has 116 valence electrons. The number of nitrogens with zero attached hydrogens (tertiary/aromatic N) is 4. The fourth-order valence-corrected chi connectivity index (χ4v) is 2.74. The van der Waals surface area contributed by atoms with E-state index in [-0.39, 0.29) is 6.10 Å². The van der Waals surface area contributed by atoms with Crippen LogP contribution in [0.4, 0.5) is 5.82 Å². The molecule has 1 saturated heterocycles. The molecule has 0 aromatic carbocycles. The molecule has 0 saturated carbocycles. The summed E-state index contributed by atoms with van der Waals surface area (Å²) in [6, 6.07) is 3.89. The number of aromatic nitrogens is 3. The highest BCUT2D eigenvalue weighted by Crippen LogP contribution is 2.25. The van der Waals surface area contributed by atoms with Crippen LogP contribution in [0.2, 0.25) is 0 Å². The summed E-state index contributed by atoms with van der Waals surface area (Å²) in [6.07, 6.45) is 4.80. The van der Waals surface area contributed by atoms with Gasteiger partial charge >= 0.3 is 0 Å². The molecule has 1 fully saturated rings. The smallest absolute Gasteiger partial charge is 0.161 e. The van der Waals surface area contributed by atoms with Crippen molar-refractivity contribution in [3.63, 3.8) is 0 Å². The molecule has 2 aromatic rings. The van der Waals surface area contributed by atoms with Gasteiger partial charge in [-0.3, -0.25) is 4.98 Å². The topological polar surface area (TPSA) is 51.1 Å². The SMILES string of the molecule is Cc1nc(-c2ccncc2)nc(N2CCCO[C@@H](C)C2)c1C. The molecule has 0 aliphatic carbocycles. The average Bonchev–Trinajstić information content (AvgIpc) is 2.75. The van der Waals surface area contributed by atoms with Crippen molar-refractivity contribution < 1.29 is 4.74 Å². The number of ether oxygens (including phenoxy) is 1. The molecule has 0 radical (unpaired) electrons. The van der Waals surface area contributed by atoms with Crippen LogP contribution in [0.5, 0.6) is 0 Å². The molecule has 1 aliphatic rings. The van der Waals surface area contributed by atoms with Crippen LogP contribution in [-0.4, -0.2) is 40.8 Å². The van der Waals surface area contributed by atoms with Gasteiger partial charge in [-0.1, -0.05) is 0 Å². The zero-order chi connectivity index (χ0) is 15.5. The van der Waals surface area contributed by atoms with Crippen LogP contribution < -0.4 is 4.90 Å². The van der Waals surface area contributed by atoms with Crippen LogP contribution >= 0.6 is 0 Å². The minimum absolute atomic E-state index is 0.224. The largest absolute Gasteiger partial charge is 0.377 e. The zero-order valence-corrected chi connectivity index (χ0v) is 13.4. The summed E-state index contributed by atoms with van der Waals surface area (Å²) in [4.78, 5) is 15.9. The maximum atomic E-state index is 5.75. The van der Waals surface area contributed by atoms with E-state index in [1.165, 1.54) is 0 Å². The monoisotopic (exact) mass is 298 g/mol. The number of hydrogen-bond acceptors (Lipinski definition) is 5. The Morgan fingerprint density at radius 2 is 1.95 bits per heavy atom. The quantitative estimate of drug-likeness (QED) is 0.853. The first-order valence-corrected chi connectivity index (χ1v) is 7.77. The van der Waals surface area contributed by atoms with Crippen LogP contribution in [-0.2, 0) is 4.74 Å². The van der Waals surface area contributed by atoms with Crippen molar-refractivity contribution >= 4 is 5.82 Å². The predicted molar refractivity (Wildman–Crippen MR) is 87.0 cm³/mol. The highest BCUT2D eigenvalue weighted by atomic mass is 16.5. The number of aryl methyl sites for hydroxylation is 1. The molecule has 0 bridgehead atoms. The number of hydrogen-bond donors (Lipinski definition) is 0. The highest BCUT2D eigenvalue weighted by molar-refractivity contribution is 5.59. The Bertz CT molecular complexity index is 645. The molecule has 0 unspecified atom stereocenters. The van der Waals surface area contributed by atoms with Gasteiger partial charge in [0.05, 0.1) is 6.10 Å². The lowest BCUT2D eigenvalue weighted by Crippen LogP contribution is -2.31. The van der Waals surface area contributed by atoms with Gasteiger partial charge in [0.1, 0.15) is 5.82 Å². The molecule has 1 aliphatic heterocycles. The zero-order valence-electron chi connectivity index (χ0n) is 13.4. The first-order chi connectivity index (χ1) is 10.6. The van der Waals surface area contributed by atoms with Gasteiger partial charge in [-0.15, -0.1) is 0 Å². The summed E-state index contributed by atoms with van der Waals surface area (Å²) < 4.78 is 5.75. The standard InChI is InChI=1S/C17H22N4O/c1-12-11-21(9-4-10-22-12)17-13(2)14(3)19-16(20-17)15-5-7-18-8-6-15/h5-8,12H,4,9-11H2,1-3H3/t12-/m0/s1. The van der Waals surface area contributed by atoms with E-state index >= 15 is 0 Å². The highest BCUT2D eigenvalue weighted by Gasteiger charge is 2.20. The van der Waals surface area contributed by atoms with Crippen molar-refractivity contribution in [2.24, 2.45) is 0 Å². The van der Waals surface area contributed by atoms with Crippen molar-refractivity contribution in [2.75, 3.05) is 24.6 Å². The third kappa shape index (κ3) is 3.09. The molecule has 0 N–H and O–H groups in total. The van der Waals surface area contributed by atoms with Gasteiger partial charge in [0.25, 0.3) is 0 Å². The number of pyridine rings is 1. The second-order valence-electron chi connectivity index (χ2n) is 5.80. The van der Waals surface area contributed by atoms with E-state index < -0.39 is 0 Å². The third-order valence-corrected chi connectivity index (χ3v) is 4.05. The maximum absolute atomic E-state index is 5.75. The van der Waals surface area contributed by atoms with E-state index in [1.54, 1.807) is 12.4 Å². The molecule has 5 nitrogen and oxygen atoms in total. The van der Waals surface area contributed by atoms with E-state index in [1.807, 2.05) is 19.1 Å². The van der Waals surface area contributed by atoms with Gasteiger partial charge in [0.15, 0.2) is 5.82 Å². The Morgan fingerprint density at radius 3 is 2.73 bits per heavy atom. The minimum atomic E-state index is 0.224. The molecular formula is C17H22N4O. The Kier molecular flexibility index (Phi) is 4.34. The lowest BCUT2D eigenvalue weighted by molar-refractivity contribution is 0.0820. The molecule has 3 heterocycles. The van der Waals surface area contributed by atoms with Crippen molar-refractivity contribution in [3.05, 3.63) is 35.8 Å². The molecule has 0 amide bonds. The van der Waals surface area contributed by atoms with Crippen molar-refractivity contribution in [3.8, 4) is 11.4 Å². The van der Waals surface area contributed by atoms with Gasteiger partial charge in [0.2, 0.25) is 0 Å². The van der Waals surface area contributed by atoms with Crippen LogP contribution in [0.1, 0.15) is 24.6 Å². The summed E-state index contributed by atoms with van der Waals surface area (Å²) in [5.74, 6) is 1.79. The van der Waals surface area contributed by atoms with Gasteiger partial charge in [-0.25, -0.2) is 9.97 Å². The average molecular weight is 298 g/mol. The molecule has 3 rings (SSSR count). The molecular weight excluding hydrogens is 276 g/mol. The summed E-state index contributed by atoms with van der Waals surface area (Å²) in [7, 11) is 0. The van der Waals surface area contributed by atoms with E-state index in [4.69, 9.17) is 9.72 Å². The first-order valence-electron chi connectivity index (χ1n) is 7.77. The molecule has 0 spiro atoms. The van der Waals surface area contributed by atoms with Crippen LogP contribution in [0, 0.1) is 13.8 Å². The third-order valence-electron chi connectivity index (χ3n) is 4.05. The summed E-state index contributed by atoms with van der Waals surface area (Å²) in [6.45, 7) is 8.91. The van der Waals surface area contributed by atoms with Crippen LogP contribution in [0.3, 0.4) is 0 Å². The Morgan fingerprint density at radius 1 is 1.18 bits per heavy atom. The van der Waals surface area contributed by atoms with Crippen molar-refractivity contribution in [2.45, 2.75) is 33.3 Å². The van der Waals surface area contributed by atoms with Crippen molar-refractivity contribution in [1.82, 2.24) is 15.0 Å². The molecule has 22 heavy (non-hydrogen) atoms. The van der Waals surface area contributed by atoms with Gasteiger partial charge in [-0.2, -0.15) is 0 Å². The van der Waals surface area contributed by atoms with Crippen LogP contribution in [0.25, 0.3) is 11.4 Å². The van der Waals surface area contributed by atoms with Gasteiger partial charge < -0.3 is 9.64 Å². The number of rotatable bonds is 2. The molecule has 1 atom stereocenters. The Hall–Kier alpha value is -2.01. The summed E-state index contributed by atoms with van der Waals surface area (Å²) in [5.41, 5.74) is 3.17. The van der Waals surface area contributed by atoms with E-state index in [0.717, 1.165) is 54.6 Å². The van der Waals surface area contributed by atoms with E-state index in [9.17, 15) is 0 Å². The Labute approximate surface area is 131 Å². The normalized spacial score (nSPS) is 19.0. The Balaban J connectivity index is 2.01. The maximum Gasteiger partial charge on any atom is 0.161 e. The van der Waals surface area contributed by atoms with Gasteiger partial charge in [0, 0.05) is 48.9 Å². The second-order valence-corrected chi connectivity index (χ2v) is 5.80. The lowest BCUT2D eigenvalue weighted by atomic mass is 10.2. The fourth-order valence-electron chi connectivity index (χ4n) is 2.74. The summed E-state index contributed by atoms with van der Waals surface area (Å²) in [5, 5.41) is 0. The molecule has 2 aromatic heterocycles. The second kappa shape index (κ2) is 6.40. The van der Waals surface area contributed by atoms with E-state index in [2.05, 4.69) is 28.7 Å². The summed E-state index contributed by atoms with van der Waals surface area (Å²) >= 11 is 0. The fraction of sp³-hybridized carbons (Fsp3) is 0.471. The van der Waals surface area contributed by atoms with E-state index in [0.29, 0.717) is 0 Å². The molecule has 5 heteroatoms. The minimum Gasteiger partial charge on any atom is -0.377 e. The number of anilines is 1. The lowest BCUT2D eigenvalue weighted by Gasteiger charge is -2.25.